The number of amides is 1. The standard InChI is InChI=1S/C17H24N2O/c1-13-11-16(13)17(20)18-12-14-5-7-15(8-6-14)19-9-3-2-4-10-19/h5-8,13,16H,2-4,9-12H2,1H3,(H,18,20)/t13-,16-/m1/s1. The van der Waals surface area contributed by atoms with Crippen LogP contribution in [0.1, 0.15) is 38.2 Å². The van der Waals surface area contributed by atoms with Crippen molar-refractivity contribution >= 4 is 11.6 Å². The van der Waals surface area contributed by atoms with Gasteiger partial charge in [0.25, 0.3) is 0 Å². The van der Waals surface area contributed by atoms with Crippen molar-refractivity contribution in [2.75, 3.05) is 18.0 Å². The number of benzene rings is 1. The van der Waals surface area contributed by atoms with Crippen LogP contribution in [0, 0.1) is 11.8 Å². The Morgan fingerprint density at radius 2 is 1.85 bits per heavy atom. The van der Waals surface area contributed by atoms with E-state index in [2.05, 4.69) is 41.4 Å². The molecule has 1 N–H and O–H groups in total. The molecule has 20 heavy (non-hydrogen) atoms. The van der Waals surface area contributed by atoms with Gasteiger partial charge in [-0.05, 0) is 49.3 Å². The van der Waals surface area contributed by atoms with Gasteiger partial charge in [-0.25, -0.2) is 0 Å². The van der Waals surface area contributed by atoms with Gasteiger partial charge in [0.1, 0.15) is 0 Å². The Morgan fingerprint density at radius 1 is 1.20 bits per heavy atom. The molecule has 1 heterocycles. The number of hydrogen-bond donors (Lipinski definition) is 1. The van der Waals surface area contributed by atoms with Crippen molar-refractivity contribution < 1.29 is 4.79 Å². The fourth-order valence-electron chi connectivity index (χ4n) is 2.98. The van der Waals surface area contributed by atoms with Crippen LogP contribution in [0.4, 0.5) is 5.69 Å². The van der Waals surface area contributed by atoms with E-state index in [1.54, 1.807) is 0 Å². The molecule has 0 spiro atoms. The van der Waals surface area contributed by atoms with E-state index < -0.39 is 0 Å². The second-order valence-corrected chi connectivity index (χ2v) is 6.25. The van der Waals surface area contributed by atoms with Gasteiger partial charge in [-0.1, -0.05) is 19.1 Å². The Labute approximate surface area is 121 Å². The predicted octanol–water partition coefficient (Wildman–Crippen LogP) is 2.95. The second kappa shape index (κ2) is 5.86. The van der Waals surface area contributed by atoms with Crippen LogP contribution in [-0.4, -0.2) is 19.0 Å². The van der Waals surface area contributed by atoms with E-state index in [9.17, 15) is 4.79 Å². The van der Waals surface area contributed by atoms with E-state index in [1.807, 2.05) is 0 Å². The molecule has 1 aliphatic carbocycles. The SMILES string of the molecule is C[C@@H]1C[C@H]1C(=O)NCc1ccc(N2CCCCC2)cc1. The molecule has 1 aliphatic heterocycles. The monoisotopic (exact) mass is 272 g/mol. The molecule has 2 atom stereocenters. The molecule has 1 saturated heterocycles. The van der Waals surface area contributed by atoms with Crippen molar-refractivity contribution in [3.05, 3.63) is 29.8 Å². The molecule has 1 aromatic rings. The van der Waals surface area contributed by atoms with Gasteiger partial charge in [-0.2, -0.15) is 0 Å². The van der Waals surface area contributed by atoms with Crippen LogP contribution in [-0.2, 0) is 11.3 Å². The van der Waals surface area contributed by atoms with Crippen LogP contribution in [0.15, 0.2) is 24.3 Å². The zero-order valence-electron chi connectivity index (χ0n) is 12.3. The zero-order valence-corrected chi connectivity index (χ0v) is 12.3. The molecule has 3 rings (SSSR count). The van der Waals surface area contributed by atoms with E-state index in [1.165, 1.54) is 43.6 Å². The van der Waals surface area contributed by atoms with Gasteiger partial charge in [0.15, 0.2) is 0 Å². The molecule has 0 unspecified atom stereocenters. The summed E-state index contributed by atoms with van der Waals surface area (Å²) in [4.78, 5) is 14.2. The summed E-state index contributed by atoms with van der Waals surface area (Å²) in [7, 11) is 0. The number of nitrogens with one attached hydrogen (secondary N) is 1. The molecule has 108 valence electrons. The Hall–Kier alpha value is -1.51. The summed E-state index contributed by atoms with van der Waals surface area (Å²) < 4.78 is 0. The maximum absolute atomic E-state index is 11.8. The molecule has 3 nitrogen and oxygen atoms in total. The molecule has 3 heteroatoms. The quantitative estimate of drug-likeness (QED) is 0.914. The van der Waals surface area contributed by atoms with Crippen LogP contribution in [0.3, 0.4) is 0 Å². The van der Waals surface area contributed by atoms with Gasteiger partial charge < -0.3 is 10.2 Å². The minimum absolute atomic E-state index is 0.220. The molecule has 2 fully saturated rings. The Balaban J connectivity index is 1.51. The molecule has 2 aliphatic rings. The average Bonchev–Trinajstić information content (AvgIpc) is 3.23. The molecule has 0 radical (unpaired) electrons. The number of nitrogens with zero attached hydrogens (tertiary/aromatic N) is 1. The summed E-state index contributed by atoms with van der Waals surface area (Å²) in [6, 6.07) is 8.65. The second-order valence-electron chi connectivity index (χ2n) is 6.25. The fraction of sp³-hybridized carbons (Fsp3) is 0.588. The topological polar surface area (TPSA) is 32.3 Å². The van der Waals surface area contributed by atoms with E-state index >= 15 is 0 Å². The van der Waals surface area contributed by atoms with Crippen molar-refractivity contribution in [1.29, 1.82) is 0 Å². The van der Waals surface area contributed by atoms with Crippen molar-refractivity contribution in [1.82, 2.24) is 5.32 Å². The summed E-state index contributed by atoms with van der Waals surface area (Å²) in [6.07, 6.45) is 5.02. The van der Waals surface area contributed by atoms with Gasteiger partial charge >= 0.3 is 0 Å². The molecule has 1 amide bonds. The number of hydrogen-bond acceptors (Lipinski definition) is 2. The summed E-state index contributed by atoms with van der Waals surface area (Å²) in [6.45, 7) is 5.14. The smallest absolute Gasteiger partial charge is 0.223 e. The predicted molar refractivity (Wildman–Crippen MR) is 81.6 cm³/mol. The van der Waals surface area contributed by atoms with Gasteiger partial charge in [0.05, 0.1) is 0 Å². The third kappa shape index (κ3) is 3.14. The normalized spacial score (nSPS) is 25.4. The maximum Gasteiger partial charge on any atom is 0.223 e. The molecular formula is C17H24N2O. The van der Waals surface area contributed by atoms with Crippen LogP contribution >= 0.6 is 0 Å². The summed E-state index contributed by atoms with van der Waals surface area (Å²) in [5, 5.41) is 3.04. The van der Waals surface area contributed by atoms with Crippen LogP contribution in [0.2, 0.25) is 0 Å². The minimum Gasteiger partial charge on any atom is -0.372 e. The molecule has 0 bridgehead atoms. The van der Waals surface area contributed by atoms with E-state index in [0.29, 0.717) is 12.5 Å². The third-order valence-corrected chi connectivity index (χ3v) is 4.57. The molecule has 1 saturated carbocycles. The molecule has 1 aromatic carbocycles. The molecule has 0 aromatic heterocycles. The lowest BCUT2D eigenvalue weighted by Gasteiger charge is -2.28. The van der Waals surface area contributed by atoms with Crippen LogP contribution in [0.5, 0.6) is 0 Å². The first-order valence-corrected chi connectivity index (χ1v) is 7.85. The average molecular weight is 272 g/mol. The fourth-order valence-corrected chi connectivity index (χ4v) is 2.98. The highest BCUT2D eigenvalue weighted by atomic mass is 16.2. The van der Waals surface area contributed by atoms with Gasteiger partial charge in [0, 0.05) is 31.2 Å². The van der Waals surface area contributed by atoms with Gasteiger partial charge in [-0.15, -0.1) is 0 Å². The van der Waals surface area contributed by atoms with Crippen molar-refractivity contribution in [3.63, 3.8) is 0 Å². The van der Waals surface area contributed by atoms with E-state index in [-0.39, 0.29) is 11.8 Å². The van der Waals surface area contributed by atoms with Crippen molar-refractivity contribution in [3.8, 4) is 0 Å². The highest BCUT2D eigenvalue weighted by molar-refractivity contribution is 5.81. The number of anilines is 1. The molecular weight excluding hydrogens is 248 g/mol. The lowest BCUT2D eigenvalue weighted by molar-refractivity contribution is -0.122. The summed E-state index contributed by atoms with van der Waals surface area (Å²) in [5.74, 6) is 1.07. The van der Waals surface area contributed by atoms with Crippen LogP contribution < -0.4 is 10.2 Å². The van der Waals surface area contributed by atoms with Crippen LogP contribution in [0.25, 0.3) is 0 Å². The highest BCUT2D eigenvalue weighted by Gasteiger charge is 2.38. The van der Waals surface area contributed by atoms with Crippen molar-refractivity contribution in [2.24, 2.45) is 11.8 Å². The third-order valence-electron chi connectivity index (χ3n) is 4.57. The number of carbonyl (C=O) groups is 1. The highest BCUT2D eigenvalue weighted by Crippen LogP contribution is 2.37. The summed E-state index contributed by atoms with van der Waals surface area (Å²) in [5.41, 5.74) is 2.50. The van der Waals surface area contributed by atoms with E-state index in [4.69, 9.17) is 0 Å². The zero-order chi connectivity index (χ0) is 13.9. The number of piperidine rings is 1. The van der Waals surface area contributed by atoms with Gasteiger partial charge in [0.2, 0.25) is 5.91 Å². The first kappa shape index (κ1) is 13.5. The van der Waals surface area contributed by atoms with Crippen molar-refractivity contribution in [2.45, 2.75) is 39.2 Å². The lowest BCUT2D eigenvalue weighted by Crippen LogP contribution is -2.29. The minimum atomic E-state index is 0.220. The Bertz CT molecular complexity index is 462. The van der Waals surface area contributed by atoms with E-state index in [0.717, 1.165) is 6.42 Å². The Kier molecular flexibility index (Phi) is 3.95. The Morgan fingerprint density at radius 3 is 2.45 bits per heavy atom. The maximum atomic E-state index is 11.8. The van der Waals surface area contributed by atoms with Gasteiger partial charge in [-0.3, -0.25) is 4.79 Å². The summed E-state index contributed by atoms with van der Waals surface area (Å²) >= 11 is 0. The largest absolute Gasteiger partial charge is 0.372 e. The first-order chi connectivity index (χ1) is 9.74. The first-order valence-electron chi connectivity index (χ1n) is 7.85. The number of carbonyl (C=O) groups excluding carboxylic acids is 1. The lowest BCUT2D eigenvalue weighted by atomic mass is 10.1. The number of rotatable bonds is 4.